The van der Waals surface area contributed by atoms with Crippen LogP contribution >= 0.6 is 0 Å². The molecular formula is C19H24N2O2. The zero-order valence-corrected chi connectivity index (χ0v) is 14.1. The van der Waals surface area contributed by atoms with Gasteiger partial charge in [-0.2, -0.15) is 0 Å². The number of nitrogens with one attached hydrogen (secondary N) is 1. The standard InChI is InChI=1S/C19H24N2O2/c1-13(18(22)21-16-7-5-6-15(20)12-16)23-17-10-8-14(9-11-17)19(2,3)4/h5-13H,20H2,1-4H3,(H,21,22)/t13-/m0/s1. The maximum Gasteiger partial charge on any atom is 0.265 e. The van der Waals surface area contributed by atoms with Crippen LogP contribution in [0.4, 0.5) is 11.4 Å². The third kappa shape index (κ3) is 4.74. The molecule has 0 radical (unpaired) electrons. The summed E-state index contributed by atoms with van der Waals surface area (Å²) in [5, 5.41) is 2.79. The first-order chi connectivity index (χ1) is 10.8. The van der Waals surface area contributed by atoms with Crippen LogP contribution in [0.25, 0.3) is 0 Å². The molecule has 0 unspecified atom stereocenters. The second-order valence-electron chi connectivity index (χ2n) is 6.65. The highest BCUT2D eigenvalue weighted by Crippen LogP contribution is 2.24. The summed E-state index contributed by atoms with van der Waals surface area (Å²) in [6, 6.07) is 14.9. The molecule has 4 nitrogen and oxygen atoms in total. The summed E-state index contributed by atoms with van der Waals surface area (Å²) in [7, 11) is 0. The first-order valence-corrected chi connectivity index (χ1v) is 7.69. The van der Waals surface area contributed by atoms with Crippen molar-refractivity contribution in [2.24, 2.45) is 0 Å². The van der Waals surface area contributed by atoms with Gasteiger partial charge in [-0.05, 0) is 48.2 Å². The van der Waals surface area contributed by atoms with Crippen molar-refractivity contribution in [2.45, 2.75) is 39.2 Å². The van der Waals surface area contributed by atoms with Crippen LogP contribution in [-0.2, 0) is 10.2 Å². The quantitative estimate of drug-likeness (QED) is 0.840. The Hall–Kier alpha value is -2.49. The molecule has 1 amide bonds. The van der Waals surface area contributed by atoms with Gasteiger partial charge in [-0.3, -0.25) is 4.79 Å². The molecule has 0 aliphatic carbocycles. The fourth-order valence-corrected chi connectivity index (χ4v) is 2.15. The molecule has 0 saturated heterocycles. The number of rotatable bonds is 4. The summed E-state index contributed by atoms with van der Waals surface area (Å²) in [5.74, 6) is 0.462. The monoisotopic (exact) mass is 312 g/mol. The Balaban J connectivity index is 1.98. The molecule has 122 valence electrons. The summed E-state index contributed by atoms with van der Waals surface area (Å²) in [6.07, 6.45) is -0.600. The van der Waals surface area contributed by atoms with E-state index in [-0.39, 0.29) is 11.3 Å². The fraction of sp³-hybridized carbons (Fsp3) is 0.316. The minimum atomic E-state index is -0.600. The van der Waals surface area contributed by atoms with Crippen molar-refractivity contribution in [1.82, 2.24) is 0 Å². The molecule has 2 rings (SSSR count). The SMILES string of the molecule is C[C@H](Oc1ccc(C(C)(C)C)cc1)C(=O)Nc1cccc(N)c1. The minimum absolute atomic E-state index is 0.0920. The highest BCUT2D eigenvalue weighted by atomic mass is 16.5. The highest BCUT2D eigenvalue weighted by molar-refractivity contribution is 5.94. The number of ether oxygens (including phenoxy) is 1. The second kappa shape index (κ2) is 6.73. The molecule has 2 aromatic rings. The van der Waals surface area contributed by atoms with Gasteiger partial charge < -0.3 is 15.8 Å². The average Bonchev–Trinajstić information content (AvgIpc) is 2.46. The van der Waals surface area contributed by atoms with Crippen LogP contribution in [0.5, 0.6) is 5.75 Å². The van der Waals surface area contributed by atoms with E-state index in [0.717, 1.165) is 0 Å². The van der Waals surface area contributed by atoms with Crippen molar-refractivity contribution in [1.29, 1.82) is 0 Å². The molecule has 1 atom stereocenters. The van der Waals surface area contributed by atoms with E-state index in [2.05, 4.69) is 26.1 Å². The zero-order chi connectivity index (χ0) is 17.0. The minimum Gasteiger partial charge on any atom is -0.481 e. The van der Waals surface area contributed by atoms with Gasteiger partial charge in [0.1, 0.15) is 5.75 Å². The van der Waals surface area contributed by atoms with Gasteiger partial charge in [-0.15, -0.1) is 0 Å². The van der Waals surface area contributed by atoms with Crippen LogP contribution < -0.4 is 15.8 Å². The van der Waals surface area contributed by atoms with Crippen LogP contribution in [0.15, 0.2) is 48.5 Å². The maximum atomic E-state index is 12.2. The van der Waals surface area contributed by atoms with E-state index in [1.54, 1.807) is 31.2 Å². The topological polar surface area (TPSA) is 64.3 Å². The Kier molecular flexibility index (Phi) is 4.94. The Morgan fingerprint density at radius 3 is 2.35 bits per heavy atom. The molecule has 4 heteroatoms. The van der Waals surface area contributed by atoms with Crippen molar-refractivity contribution in [3.8, 4) is 5.75 Å². The van der Waals surface area contributed by atoms with Crippen molar-refractivity contribution in [3.63, 3.8) is 0 Å². The van der Waals surface area contributed by atoms with E-state index in [0.29, 0.717) is 17.1 Å². The number of amides is 1. The van der Waals surface area contributed by atoms with E-state index in [1.165, 1.54) is 5.56 Å². The molecule has 0 fully saturated rings. The van der Waals surface area contributed by atoms with Gasteiger partial charge in [-0.25, -0.2) is 0 Å². The maximum absolute atomic E-state index is 12.2. The Labute approximate surface area is 137 Å². The normalized spacial score (nSPS) is 12.5. The van der Waals surface area contributed by atoms with Crippen LogP contribution in [0.2, 0.25) is 0 Å². The summed E-state index contributed by atoms with van der Waals surface area (Å²) in [4.78, 5) is 12.2. The summed E-state index contributed by atoms with van der Waals surface area (Å²) in [5.41, 5.74) is 8.28. The number of benzene rings is 2. The predicted molar refractivity (Wildman–Crippen MR) is 94.7 cm³/mol. The molecular weight excluding hydrogens is 288 g/mol. The van der Waals surface area contributed by atoms with Gasteiger partial charge in [0.05, 0.1) is 0 Å². The number of hydrogen-bond acceptors (Lipinski definition) is 3. The van der Waals surface area contributed by atoms with Crippen LogP contribution in [-0.4, -0.2) is 12.0 Å². The largest absolute Gasteiger partial charge is 0.481 e. The van der Waals surface area contributed by atoms with Gasteiger partial charge >= 0.3 is 0 Å². The van der Waals surface area contributed by atoms with E-state index in [9.17, 15) is 4.79 Å². The fourth-order valence-electron chi connectivity index (χ4n) is 2.15. The predicted octanol–water partition coefficient (Wildman–Crippen LogP) is 3.97. The molecule has 2 aromatic carbocycles. The van der Waals surface area contributed by atoms with Gasteiger partial charge in [0.15, 0.2) is 6.10 Å². The van der Waals surface area contributed by atoms with E-state index in [4.69, 9.17) is 10.5 Å². The molecule has 0 saturated carbocycles. The van der Waals surface area contributed by atoms with Crippen molar-refractivity contribution in [3.05, 3.63) is 54.1 Å². The number of hydrogen-bond donors (Lipinski definition) is 2. The van der Waals surface area contributed by atoms with Crippen molar-refractivity contribution >= 4 is 17.3 Å². The van der Waals surface area contributed by atoms with E-state index < -0.39 is 6.10 Å². The number of nitrogens with two attached hydrogens (primary N) is 1. The lowest BCUT2D eigenvalue weighted by atomic mass is 9.87. The van der Waals surface area contributed by atoms with Gasteiger partial charge in [0.2, 0.25) is 0 Å². The first kappa shape index (κ1) is 16.9. The van der Waals surface area contributed by atoms with E-state index in [1.807, 2.05) is 24.3 Å². The molecule has 0 aromatic heterocycles. The third-order valence-electron chi connectivity index (χ3n) is 3.56. The van der Waals surface area contributed by atoms with Gasteiger partial charge in [-0.1, -0.05) is 39.0 Å². The third-order valence-corrected chi connectivity index (χ3v) is 3.56. The van der Waals surface area contributed by atoms with Crippen molar-refractivity contribution in [2.75, 3.05) is 11.1 Å². The first-order valence-electron chi connectivity index (χ1n) is 7.69. The Morgan fingerprint density at radius 2 is 1.78 bits per heavy atom. The number of anilines is 2. The number of carbonyl (C=O) groups excluding carboxylic acids is 1. The second-order valence-corrected chi connectivity index (χ2v) is 6.65. The molecule has 0 heterocycles. The molecule has 3 N–H and O–H groups in total. The molecule has 0 aliphatic heterocycles. The number of nitrogen functional groups attached to an aromatic ring is 1. The zero-order valence-electron chi connectivity index (χ0n) is 14.1. The molecule has 0 bridgehead atoms. The van der Waals surface area contributed by atoms with Gasteiger partial charge in [0.25, 0.3) is 5.91 Å². The number of carbonyl (C=O) groups is 1. The lowest BCUT2D eigenvalue weighted by molar-refractivity contribution is -0.122. The molecule has 23 heavy (non-hydrogen) atoms. The smallest absolute Gasteiger partial charge is 0.265 e. The van der Waals surface area contributed by atoms with Crippen molar-refractivity contribution < 1.29 is 9.53 Å². The van der Waals surface area contributed by atoms with Gasteiger partial charge in [0, 0.05) is 11.4 Å². The lowest BCUT2D eigenvalue weighted by Crippen LogP contribution is -2.30. The summed E-state index contributed by atoms with van der Waals surface area (Å²) in [6.45, 7) is 8.19. The molecule has 0 aliphatic rings. The lowest BCUT2D eigenvalue weighted by Gasteiger charge is -2.20. The summed E-state index contributed by atoms with van der Waals surface area (Å²) < 4.78 is 5.70. The molecule has 0 spiro atoms. The van der Waals surface area contributed by atoms with Crippen LogP contribution in [0.1, 0.15) is 33.3 Å². The van der Waals surface area contributed by atoms with Crippen LogP contribution in [0.3, 0.4) is 0 Å². The average molecular weight is 312 g/mol. The Bertz CT molecular complexity index is 673. The van der Waals surface area contributed by atoms with Crippen LogP contribution in [0, 0.1) is 0 Å². The Morgan fingerprint density at radius 1 is 1.13 bits per heavy atom. The highest BCUT2D eigenvalue weighted by Gasteiger charge is 2.16. The summed E-state index contributed by atoms with van der Waals surface area (Å²) >= 11 is 0. The van der Waals surface area contributed by atoms with E-state index >= 15 is 0 Å².